The number of benzene rings is 1. The number of aromatic nitrogens is 2. The summed E-state index contributed by atoms with van der Waals surface area (Å²) < 4.78 is 5.71. The van der Waals surface area contributed by atoms with Gasteiger partial charge in [-0.2, -0.15) is 10.2 Å². The molecule has 0 unspecified atom stereocenters. The summed E-state index contributed by atoms with van der Waals surface area (Å²) in [6, 6.07) is 11.2. The molecule has 1 heterocycles. The Labute approximate surface area is 122 Å². The van der Waals surface area contributed by atoms with E-state index in [9.17, 15) is 0 Å². The first-order valence-electron chi connectivity index (χ1n) is 5.99. The Morgan fingerprint density at radius 1 is 1.30 bits per heavy atom. The molecular weight excluding hydrogens is 272 g/mol. The molecule has 6 heteroatoms. The molecule has 0 saturated carbocycles. The topological polar surface area (TPSA) is 70.8 Å². The maximum atomic E-state index is 8.63. The summed E-state index contributed by atoms with van der Waals surface area (Å²) in [6.45, 7) is 0. The van der Waals surface area contributed by atoms with Gasteiger partial charge in [0.15, 0.2) is 5.16 Å². The number of nitrogens with one attached hydrogen (secondary N) is 1. The average molecular weight is 286 g/mol. The van der Waals surface area contributed by atoms with Crippen LogP contribution in [0.5, 0.6) is 11.6 Å². The van der Waals surface area contributed by atoms with Crippen LogP contribution in [0.3, 0.4) is 0 Å². The smallest absolute Gasteiger partial charge is 0.225 e. The standard InChI is InChI=1S/C14H14N4OS/c1-16-12-9-13(18-14(17-12)20-2)19-11-5-3-10(4-6-11)7-8-15/h3-6,9H,7H2,1-2H3,(H,16,17,18). The third-order valence-corrected chi connectivity index (χ3v) is 3.10. The minimum absolute atomic E-state index is 0.397. The largest absolute Gasteiger partial charge is 0.439 e. The number of nitrogens with zero attached hydrogens (tertiary/aromatic N) is 3. The van der Waals surface area contributed by atoms with Crippen LogP contribution in [-0.2, 0) is 6.42 Å². The van der Waals surface area contributed by atoms with E-state index in [4.69, 9.17) is 10.00 Å². The second-order valence-electron chi connectivity index (χ2n) is 3.91. The SMILES string of the molecule is CNc1cc(Oc2ccc(CC#N)cc2)nc(SC)n1. The van der Waals surface area contributed by atoms with Gasteiger partial charge in [0.2, 0.25) is 5.88 Å². The van der Waals surface area contributed by atoms with Crippen molar-refractivity contribution in [1.29, 1.82) is 5.26 Å². The zero-order chi connectivity index (χ0) is 14.4. The molecule has 0 bridgehead atoms. The normalized spacial score (nSPS) is 9.85. The summed E-state index contributed by atoms with van der Waals surface area (Å²) in [7, 11) is 1.80. The minimum Gasteiger partial charge on any atom is -0.439 e. The van der Waals surface area contributed by atoms with E-state index in [1.54, 1.807) is 13.1 Å². The van der Waals surface area contributed by atoms with Crippen molar-refractivity contribution in [2.45, 2.75) is 11.6 Å². The van der Waals surface area contributed by atoms with Gasteiger partial charge in [0, 0.05) is 13.1 Å². The molecule has 0 aliphatic carbocycles. The third-order valence-electron chi connectivity index (χ3n) is 2.55. The molecule has 2 rings (SSSR count). The van der Waals surface area contributed by atoms with Gasteiger partial charge in [-0.25, -0.2) is 4.98 Å². The highest BCUT2D eigenvalue weighted by molar-refractivity contribution is 7.98. The molecule has 0 radical (unpaired) electrons. The molecule has 0 saturated heterocycles. The lowest BCUT2D eigenvalue weighted by Gasteiger charge is -2.08. The first-order chi connectivity index (χ1) is 9.75. The molecule has 5 nitrogen and oxygen atoms in total. The monoisotopic (exact) mass is 286 g/mol. The van der Waals surface area contributed by atoms with E-state index in [-0.39, 0.29) is 0 Å². The predicted molar refractivity (Wildman–Crippen MR) is 79.2 cm³/mol. The summed E-state index contributed by atoms with van der Waals surface area (Å²) >= 11 is 1.45. The van der Waals surface area contributed by atoms with Crippen molar-refractivity contribution in [3.8, 4) is 17.7 Å². The summed E-state index contributed by atoms with van der Waals surface area (Å²) in [6.07, 6.45) is 2.31. The molecular formula is C14H14N4OS. The molecule has 0 aliphatic heterocycles. The molecule has 2 aromatic rings. The van der Waals surface area contributed by atoms with Crippen molar-refractivity contribution < 1.29 is 4.74 Å². The van der Waals surface area contributed by atoms with E-state index >= 15 is 0 Å². The van der Waals surface area contributed by atoms with Gasteiger partial charge < -0.3 is 10.1 Å². The summed E-state index contributed by atoms with van der Waals surface area (Å²) in [5.74, 6) is 1.88. The molecule has 20 heavy (non-hydrogen) atoms. The molecule has 102 valence electrons. The predicted octanol–water partition coefficient (Wildman–Crippen LogP) is 3.10. The van der Waals surface area contributed by atoms with Gasteiger partial charge in [-0.15, -0.1) is 0 Å². The number of nitriles is 1. The molecule has 1 N–H and O–H groups in total. The van der Waals surface area contributed by atoms with Gasteiger partial charge in [-0.3, -0.25) is 0 Å². The maximum absolute atomic E-state index is 8.63. The minimum atomic E-state index is 0.397. The number of anilines is 1. The van der Waals surface area contributed by atoms with Gasteiger partial charge >= 0.3 is 0 Å². The Morgan fingerprint density at radius 3 is 2.65 bits per heavy atom. The molecule has 0 spiro atoms. The van der Waals surface area contributed by atoms with Crippen LogP contribution in [0.4, 0.5) is 5.82 Å². The van der Waals surface area contributed by atoms with Gasteiger partial charge in [0.05, 0.1) is 12.5 Å². The van der Waals surface area contributed by atoms with Crippen molar-refractivity contribution in [2.75, 3.05) is 18.6 Å². The van der Waals surface area contributed by atoms with Crippen molar-refractivity contribution >= 4 is 17.6 Å². The average Bonchev–Trinajstić information content (AvgIpc) is 2.49. The highest BCUT2D eigenvalue weighted by atomic mass is 32.2. The highest BCUT2D eigenvalue weighted by Crippen LogP contribution is 2.24. The van der Waals surface area contributed by atoms with Crippen LogP contribution >= 0.6 is 11.8 Å². The fraction of sp³-hybridized carbons (Fsp3) is 0.214. The molecule has 0 atom stereocenters. The number of rotatable bonds is 5. The van der Waals surface area contributed by atoms with Crippen molar-refractivity contribution in [3.05, 3.63) is 35.9 Å². The Morgan fingerprint density at radius 2 is 2.05 bits per heavy atom. The number of ether oxygens (including phenoxy) is 1. The van der Waals surface area contributed by atoms with Gasteiger partial charge in [-0.1, -0.05) is 23.9 Å². The number of thioether (sulfide) groups is 1. The number of hydrogen-bond donors (Lipinski definition) is 1. The van der Waals surface area contributed by atoms with Crippen LogP contribution in [0, 0.1) is 11.3 Å². The summed E-state index contributed by atoms with van der Waals surface area (Å²) in [4.78, 5) is 8.57. The first-order valence-corrected chi connectivity index (χ1v) is 7.22. The van der Waals surface area contributed by atoms with Crippen molar-refractivity contribution in [3.63, 3.8) is 0 Å². The first kappa shape index (κ1) is 14.2. The van der Waals surface area contributed by atoms with Gasteiger partial charge in [0.25, 0.3) is 0 Å². The second-order valence-corrected chi connectivity index (χ2v) is 4.68. The maximum Gasteiger partial charge on any atom is 0.225 e. The zero-order valence-corrected chi connectivity index (χ0v) is 12.1. The third kappa shape index (κ3) is 3.62. The second kappa shape index (κ2) is 6.78. The van der Waals surface area contributed by atoms with Crippen LogP contribution in [-0.4, -0.2) is 23.3 Å². The van der Waals surface area contributed by atoms with E-state index in [2.05, 4.69) is 21.4 Å². The van der Waals surface area contributed by atoms with E-state index in [0.29, 0.717) is 29.0 Å². The van der Waals surface area contributed by atoms with E-state index in [0.717, 1.165) is 5.56 Å². The Kier molecular flexibility index (Phi) is 4.80. The molecule has 0 amide bonds. The Hall–Kier alpha value is -2.26. The van der Waals surface area contributed by atoms with Crippen LogP contribution in [0.15, 0.2) is 35.5 Å². The van der Waals surface area contributed by atoms with Crippen molar-refractivity contribution in [1.82, 2.24) is 9.97 Å². The van der Waals surface area contributed by atoms with E-state index in [1.807, 2.05) is 30.5 Å². The van der Waals surface area contributed by atoms with Crippen LogP contribution in [0.25, 0.3) is 0 Å². The van der Waals surface area contributed by atoms with Crippen LogP contribution < -0.4 is 10.1 Å². The van der Waals surface area contributed by atoms with Gasteiger partial charge in [-0.05, 0) is 24.0 Å². The van der Waals surface area contributed by atoms with E-state index in [1.165, 1.54) is 11.8 Å². The summed E-state index contributed by atoms with van der Waals surface area (Å²) in [5, 5.41) is 12.3. The molecule has 0 fully saturated rings. The van der Waals surface area contributed by atoms with Crippen LogP contribution in [0.2, 0.25) is 0 Å². The lowest BCUT2D eigenvalue weighted by molar-refractivity contribution is 0.456. The fourth-order valence-electron chi connectivity index (χ4n) is 1.56. The fourth-order valence-corrected chi connectivity index (χ4v) is 1.93. The summed E-state index contributed by atoms with van der Waals surface area (Å²) in [5.41, 5.74) is 0.961. The lowest BCUT2D eigenvalue weighted by Crippen LogP contribution is -1.98. The molecule has 1 aromatic carbocycles. The zero-order valence-electron chi connectivity index (χ0n) is 11.3. The molecule has 1 aromatic heterocycles. The van der Waals surface area contributed by atoms with Crippen molar-refractivity contribution in [2.24, 2.45) is 0 Å². The van der Waals surface area contributed by atoms with E-state index < -0.39 is 0 Å². The Bertz CT molecular complexity index is 600. The van der Waals surface area contributed by atoms with Crippen LogP contribution in [0.1, 0.15) is 5.56 Å². The Balaban J connectivity index is 2.18. The molecule has 0 aliphatic rings. The van der Waals surface area contributed by atoms with Gasteiger partial charge in [0.1, 0.15) is 11.6 Å². The highest BCUT2D eigenvalue weighted by Gasteiger charge is 2.05. The lowest BCUT2D eigenvalue weighted by atomic mass is 10.2. The number of hydrogen-bond acceptors (Lipinski definition) is 6. The quantitative estimate of drug-likeness (QED) is 0.672.